The summed E-state index contributed by atoms with van der Waals surface area (Å²) in [7, 11) is 0. The van der Waals surface area contributed by atoms with E-state index >= 15 is 0 Å². The van der Waals surface area contributed by atoms with E-state index in [0.717, 1.165) is 0 Å². The van der Waals surface area contributed by atoms with Crippen LogP contribution in [0.5, 0.6) is 0 Å². The minimum Gasteiger partial charge on any atom is -0.358 e. The van der Waals surface area contributed by atoms with E-state index in [1.807, 2.05) is 32.9 Å². The highest BCUT2D eigenvalue weighted by Crippen LogP contribution is 2.19. The largest absolute Gasteiger partial charge is 0.358 e. The Labute approximate surface area is 184 Å². The predicted molar refractivity (Wildman–Crippen MR) is 116 cm³/mol. The van der Waals surface area contributed by atoms with Gasteiger partial charge in [0.05, 0.1) is 41.4 Å². The maximum atomic E-state index is 12.7. The van der Waals surface area contributed by atoms with E-state index in [1.54, 1.807) is 36.1 Å². The molecule has 0 aliphatic rings. The van der Waals surface area contributed by atoms with Crippen LogP contribution in [0, 0.1) is 0 Å². The third-order valence-electron chi connectivity index (χ3n) is 4.79. The summed E-state index contributed by atoms with van der Waals surface area (Å²) in [4.78, 5) is 33.7. The first kappa shape index (κ1) is 21.2. The average molecular weight is 433 g/mol. The first-order valence-corrected chi connectivity index (χ1v) is 10.1. The highest BCUT2D eigenvalue weighted by atomic mass is 16.5. The van der Waals surface area contributed by atoms with Crippen molar-refractivity contribution < 1.29 is 14.1 Å². The number of hydrogen-bond acceptors (Lipinski definition) is 7. The zero-order valence-corrected chi connectivity index (χ0v) is 18.2. The summed E-state index contributed by atoms with van der Waals surface area (Å²) in [5, 5.41) is 13.5. The van der Waals surface area contributed by atoms with Gasteiger partial charge in [-0.25, -0.2) is 14.5 Å². The SMILES string of the molecule is C[C@@H](NC(=O)c1cnn2ccccc12)c1cc(C(=O)Nc2cnc(C(C)(C)C)nc2)no1. The van der Waals surface area contributed by atoms with Gasteiger partial charge in [-0.3, -0.25) is 9.59 Å². The van der Waals surface area contributed by atoms with Crippen molar-refractivity contribution >= 4 is 23.0 Å². The Morgan fingerprint density at radius 3 is 2.56 bits per heavy atom. The second-order valence-corrected chi connectivity index (χ2v) is 8.40. The van der Waals surface area contributed by atoms with Crippen molar-refractivity contribution in [1.29, 1.82) is 0 Å². The van der Waals surface area contributed by atoms with Crippen LogP contribution in [0.2, 0.25) is 0 Å². The first-order valence-electron chi connectivity index (χ1n) is 10.1. The number of aromatic nitrogens is 5. The summed E-state index contributed by atoms with van der Waals surface area (Å²) in [5.74, 6) is 0.250. The van der Waals surface area contributed by atoms with Gasteiger partial charge in [0, 0.05) is 17.7 Å². The number of nitrogens with zero attached hydrogens (tertiary/aromatic N) is 5. The van der Waals surface area contributed by atoms with Crippen LogP contribution in [0.25, 0.3) is 5.52 Å². The molecule has 10 heteroatoms. The van der Waals surface area contributed by atoms with E-state index in [-0.39, 0.29) is 17.0 Å². The predicted octanol–water partition coefficient (Wildman–Crippen LogP) is 3.15. The highest BCUT2D eigenvalue weighted by Gasteiger charge is 2.21. The van der Waals surface area contributed by atoms with Crippen LogP contribution in [-0.4, -0.2) is 36.6 Å². The molecule has 0 spiro atoms. The lowest BCUT2D eigenvalue weighted by atomic mass is 9.96. The lowest BCUT2D eigenvalue weighted by molar-refractivity contribution is 0.0933. The Hall–Kier alpha value is -4.08. The molecule has 1 atom stereocenters. The number of amides is 2. The van der Waals surface area contributed by atoms with Crippen LogP contribution in [0.15, 0.2) is 53.6 Å². The van der Waals surface area contributed by atoms with Gasteiger partial charge in [-0.2, -0.15) is 5.10 Å². The quantitative estimate of drug-likeness (QED) is 0.495. The number of pyridine rings is 1. The Bertz CT molecular complexity index is 1270. The second-order valence-electron chi connectivity index (χ2n) is 8.40. The summed E-state index contributed by atoms with van der Waals surface area (Å²) in [6.45, 7) is 7.76. The molecule has 0 fully saturated rings. The first-order chi connectivity index (χ1) is 15.2. The zero-order chi connectivity index (χ0) is 22.9. The molecule has 4 heterocycles. The molecule has 2 N–H and O–H groups in total. The van der Waals surface area contributed by atoms with Crippen molar-refractivity contribution in [1.82, 2.24) is 30.1 Å². The summed E-state index contributed by atoms with van der Waals surface area (Å²) in [6, 6.07) is 6.45. The topological polar surface area (TPSA) is 127 Å². The van der Waals surface area contributed by atoms with Gasteiger partial charge >= 0.3 is 0 Å². The van der Waals surface area contributed by atoms with E-state index in [0.29, 0.717) is 28.4 Å². The lowest BCUT2D eigenvalue weighted by Crippen LogP contribution is -2.26. The Kier molecular flexibility index (Phi) is 5.43. The maximum Gasteiger partial charge on any atom is 0.277 e. The molecule has 4 aromatic rings. The number of carbonyl (C=O) groups excluding carboxylic acids is 2. The van der Waals surface area contributed by atoms with Gasteiger partial charge in [0.15, 0.2) is 11.5 Å². The third kappa shape index (κ3) is 4.34. The van der Waals surface area contributed by atoms with Crippen LogP contribution in [0.1, 0.15) is 66.2 Å². The number of fused-ring (bicyclic) bond motifs is 1. The van der Waals surface area contributed by atoms with Gasteiger partial charge in [0.25, 0.3) is 11.8 Å². The molecule has 0 saturated heterocycles. The zero-order valence-electron chi connectivity index (χ0n) is 18.2. The van der Waals surface area contributed by atoms with Crippen LogP contribution >= 0.6 is 0 Å². The summed E-state index contributed by atoms with van der Waals surface area (Å²) < 4.78 is 6.90. The fraction of sp³-hybridized carbons (Fsp3) is 0.273. The lowest BCUT2D eigenvalue weighted by Gasteiger charge is -2.16. The van der Waals surface area contributed by atoms with Crippen molar-refractivity contribution in [2.24, 2.45) is 0 Å². The number of anilines is 1. The van der Waals surface area contributed by atoms with Gasteiger partial charge in [0.2, 0.25) is 0 Å². The smallest absolute Gasteiger partial charge is 0.277 e. The van der Waals surface area contributed by atoms with Crippen molar-refractivity contribution in [2.75, 3.05) is 5.32 Å². The van der Waals surface area contributed by atoms with Gasteiger partial charge in [-0.05, 0) is 19.1 Å². The molecule has 0 aliphatic carbocycles. The van der Waals surface area contributed by atoms with E-state index in [4.69, 9.17) is 4.52 Å². The van der Waals surface area contributed by atoms with E-state index in [1.165, 1.54) is 12.3 Å². The average Bonchev–Trinajstić information content (AvgIpc) is 3.41. The maximum absolute atomic E-state index is 12.7. The molecule has 2 amide bonds. The normalized spacial score (nSPS) is 12.5. The van der Waals surface area contributed by atoms with Crippen LogP contribution in [0.4, 0.5) is 5.69 Å². The van der Waals surface area contributed by atoms with Gasteiger partial charge in [-0.1, -0.05) is 32.0 Å². The van der Waals surface area contributed by atoms with E-state index in [2.05, 4.69) is 30.9 Å². The summed E-state index contributed by atoms with van der Waals surface area (Å²) in [5.41, 5.74) is 1.47. The highest BCUT2D eigenvalue weighted by molar-refractivity contribution is 6.03. The van der Waals surface area contributed by atoms with E-state index < -0.39 is 11.9 Å². The number of hydrogen-bond donors (Lipinski definition) is 2. The molecule has 4 rings (SSSR count). The van der Waals surface area contributed by atoms with Gasteiger partial charge in [-0.15, -0.1) is 0 Å². The molecular weight excluding hydrogens is 410 g/mol. The Morgan fingerprint density at radius 1 is 1.09 bits per heavy atom. The molecule has 0 saturated carbocycles. The molecule has 0 aromatic carbocycles. The van der Waals surface area contributed by atoms with E-state index in [9.17, 15) is 9.59 Å². The molecule has 164 valence electrons. The Balaban J connectivity index is 1.41. The molecule has 32 heavy (non-hydrogen) atoms. The fourth-order valence-electron chi connectivity index (χ4n) is 3.03. The van der Waals surface area contributed by atoms with Gasteiger partial charge in [0.1, 0.15) is 5.82 Å². The molecular formula is C22H23N7O3. The Morgan fingerprint density at radius 2 is 1.84 bits per heavy atom. The summed E-state index contributed by atoms with van der Waals surface area (Å²) >= 11 is 0. The minimum absolute atomic E-state index is 0.0805. The van der Waals surface area contributed by atoms with Crippen LogP contribution in [0.3, 0.4) is 0 Å². The van der Waals surface area contributed by atoms with Gasteiger partial charge < -0.3 is 15.2 Å². The monoisotopic (exact) mass is 433 g/mol. The number of carbonyl (C=O) groups is 2. The summed E-state index contributed by atoms with van der Waals surface area (Å²) in [6.07, 6.45) is 6.36. The van der Waals surface area contributed by atoms with Crippen molar-refractivity contribution in [3.8, 4) is 0 Å². The van der Waals surface area contributed by atoms with Crippen LogP contribution < -0.4 is 10.6 Å². The third-order valence-corrected chi connectivity index (χ3v) is 4.79. The molecule has 0 bridgehead atoms. The number of rotatable bonds is 5. The fourth-order valence-corrected chi connectivity index (χ4v) is 3.03. The van der Waals surface area contributed by atoms with Crippen LogP contribution in [-0.2, 0) is 5.41 Å². The second kappa shape index (κ2) is 8.22. The number of nitrogens with one attached hydrogen (secondary N) is 2. The van der Waals surface area contributed by atoms with Crippen molar-refractivity contribution in [3.63, 3.8) is 0 Å². The molecule has 0 aliphatic heterocycles. The minimum atomic E-state index is -0.510. The standard InChI is InChI=1S/C22H23N7O3/c1-13(26-19(30)15-12-25-29-8-6-5-7-17(15)29)18-9-16(28-32-18)20(31)27-14-10-23-21(24-11-14)22(2,3)4/h5-13H,1-4H3,(H,26,30)(H,27,31)/t13-/m1/s1. The molecule has 10 nitrogen and oxygen atoms in total. The molecule has 0 unspecified atom stereocenters. The van der Waals surface area contributed by atoms with Crippen molar-refractivity contribution in [2.45, 2.75) is 39.2 Å². The molecule has 0 radical (unpaired) electrons. The van der Waals surface area contributed by atoms with Crippen molar-refractivity contribution in [3.05, 3.63) is 71.9 Å². The molecule has 4 aromatic heterocycles.